The second-order valence-corrected chi connectivity index (χ2v) is 8.73. The van der Waals surface area contributed by atoms with Crippen LogP contribution in [0.1, 0.15) is 43.5 Å². The van der Waals surface area contributed by atoms with Gasteiger partial charge in [-0.1, -0.05) is 61.9 Å². The summed E-state index contributed by atoms with van der Waals surface area (Å²) in [6.45, 7) is 7.33. The van der Waals surface area contributed by atoms with Gasteiger partial charge in [0, 0.05) is 24.9 Å². The van der Waals surface area contributed by atoms with Crippen molar-refractivity contribution in [1.29, 1.82) is 0 Å². The summed E-state index contributed by atoms with van der Waals surface area (Å²) in [5.74, 6) is 0.818. The Kier molecular flexibility index (Phi) is 7.66. The van der Waals surface area contributed by atoms with E-state index in [1.165, 1.54) is 10.8 Å². The van der Waals surface area contributed by atoms with Gasteiger partial charge in [0.25, 0.3) is 0 Å². The molecule has 0 aliphatic rings. The van der Waals surface area contributed by atoms with E-state index in [1.54, 1.807) is 13.4 Å². The number of benzene rings is 3. The lowest BCUT2D eigenvalue weighted by atomic mass is 10.0. The SMILES string of the molecule is CCC/C(=C\c1ccc(-n2cnc(C)c2)c(OC)c1)C(=O)N(CC)Cc1cccc2ccccc12. The maximum Gasteiger partial charge on any atom is 0.250 e. The topological polar surface area (TPSA) is 47.4 Å². The molecule has 3 aromatic carbocycles. The van der Waals surface area contributed by atoms with Crippen LogP contribution in [0, 0.1) is 6.92 Å². The van der Waals surface area contributed by atoms with Crippen LogP contribution in [0.5, 0.6) is 5.75 Å². The van der Waals surface area contributed by atoms with Crippen molar-refractivity contribution >= 4 is 22.8 Å². The predicted molar refractivity (Wildman–Crippen MR) is 143 cm³/mol. The van der Waals surface area contributed by atoms with Crippen LogP contribution in [0.25, 0.3) is 22.5 Å². The average molecular weight is 468 g/mol. The Balaban J connectivity index is 1.63. The lowest BCUT2D eigenvalue weighted by molar-refractivity contribution is -0.127. The Hall–Kier alpha value is -3.86. The van der Waals surface area contributed by atoms with Crippen molar-refractivity contribution in [3.63, 3.8) is 0 Å². The highest BCUT2D eigenvalue weighted by molar-refractivity contribution is 5.98. The van der Waals surface area contributed by atoms with Crippen molar-refractivity contribution in [2.45, 2.75) is 40.2 Å². The third-order valence-electron chi connectivity index (χ3n) is 6.24. The summed E-state index contributed by atoms with van der Waals surface area (Å²) in [6, 6.07) is 20.6. The number of carbonyl (C=O) groups is 1. The first kappa shape index (κ1) is 24.3. The first-order valence-electron chi connectivity index (χ1n) is 12.2. The number of nitrogens with zero attached hydrogens (tertiary/aromatic N) is 3. The van der Waals surface area contributed by atoms with Crippen molar-refractivity contribution in [2.24, 2.45) is 0 Å². The predicted octanol–water partition coefficient (Wildman–Crippen LogP) is 6.57. The van der Waals surface area contributed by atoms with E-state index < -0.39 is 0 Å². The number of amides is 1. The Morgan fingerprint density at radius 2 is 1.89 bits per heavy atom. The summed E-state index contributed by atoms with van der Waals surface area (Å²) in [4.78, 5) is 19.9. The molecule has 0 N–H and O–H groups in total. The highest BCUT2D eigenvalue weighted by Crippen LogP contribution is 2.27. The zero-order chi connectivity index (χ0) is 24.8. The van der Waals surface area contributed by atoms with E-state index in [1.807, 2.05) is 59.9 Å². The molecule has 180 valence electrons. The number of carbonyl (C=O) groups excluding carboxylic acids is 1. The molecule has 5 heteroatoms. The molecule has 0 atom stereocenters. The Labute approximate surface area is 207 Å². The van der Waals surface area contributed by atoms with E-state index >= 15 is 0 Å². The van der Waals surface area contributed by atoms with Crippen molar-refractivity contribution < 1.29 is 9.53 Å². The third-order valence-corrected chi connectivity index (χ3v) is 6.24. The van der Waals surface area contributed by atoms with Gasteiger partial charge in [-0.05, 0) is 60.4 Å². The Morgan fingerprint density at radius 3 is 2.60 bits per heavy atom. The molecule has 1 amide bonds. The number of aromatic nitrogens is 2. The molecule has 0 fully saturated rings. The Bertz CT molecular complexity index is 1350. The van der Waals surface area contributed by atoms with Gasteiger partial charge in [-0.3, -0.25) is 4.79 Å². The van der Waals surface area contributed by atoms with Crippen LogP contribution in [-0.2, 0) is 11.3 Å². The summed E-state index contributed by atoms with van der Waals surface area (Å²) in [6.07, 6.45) is 7.36. The van der Waals surface area contributed by atoms with Gasteiger partial charge in [0.05, 0.1) is 24.8 Å². The van der Waals surface area contributed by atoms with Gasteiger partial charge >= 0.3 is 0 Å². The molecule has 1 aromatic heterocycles. The van der Waals surface area contributed by atoms with Crippen LogP contribution in [0.3, 0.4) is 0 Å². The largest absolute Gasteiger partial charge is 0.495 e. The van der Waals surface area contributed by atoms with Crippen molar-refractivity contribution in [3.8, 4) is 11.4 Å². The zero-order valence-electron chi connectivity index (χ0n) is 21.0. The molecule has 4 aromatic rings. The number of fused-ring (bicyclic) bond motifs is 1. The van der Waals surface area contributed by atoms with E-state index in [9.17, 15) is 4.79 Å². The van der Waals surface area contributed by atoms with Crippen molar-refractivity contribution in [1.82, 2.24) is 14.5 Å². The van der Waals surface area contributed by atoms with Gasteiger partial charge in [0.2, 0.25) is 5.91 Å². The number of methoxy groups -OCH3 is 1. The number of rotatable bonds is 9. The van der Waals surface area contributed by atoms with Gasteiger partial charge in [0.15, 0.2) is 0 Å². The molecular weight excluding hydrogens is 434 g/mol. The standard InChI is InChI=1S/C30H33N3O2/c1-5-10-25(17-23-15-16-28(29(18-23)35-4)33-19-22(3)31-21-33)30(34)32(6-2)20-26-13-9-12-24-11-7-8-14-27(24)26/h7-9,11-19,21H,5-6,10,20H2,1-4H3/b25-17+. The molecule has 0 aliphatic heterocycles. The third kappa shape index (κ3) is 5.46. The maximum atomic E-state index is 13.7. The normalized spacial score (nSPS) is 11.6. The molecule has 0 bridgehead atoms. The first-order chi connectivity index (χ1) is 17.0. The zero-order valence-corrected chi connectivity index (χ0v) is 21.0. The van der Waals surface area contributed by atoms with E-state index in [0.717, 1.165) is 46.7 Å². The summed E-state index contributed by atoms with van der Waals surface area (Å²) in [7, 11) is 1.66. The Morgan fingerprint density at radius 1 is 1.09 bits per heavy atom. The molecule has 5 nitrogen and oxygen atoms in total. The summed E-state index contributed by atoms with van der Waals surface area (Å²) < 4.78 is 7.61. The first-order valence-corrected chi connectivity index (χ1v) is 12.2. The summed E-state index contributed by atoms with van der Waals surface area (Å²) in [5, 5.41) is 2.38. The van der Waals surface area contributed by atoms with E-state index in [4.69, 9.17) is 4.74 Å². The van der Waals surface area contributed by atoms with Crippen LogP contribution in [0.4, 0.5) is 0 Å². The van der Waals surface area contributed by atoms with Crippen molar-refractivity contribution in [3.05, 3.63) is 95.6 Å². The molecule has 0 saturated carbocycles. The fourth-order valence-electron chi connectivity index (χ4n) is 4.43. The molecule has 35 heavy (non-hydrogen) atoms. The van der Waals surface area contributed by atoms with Crippen molar-refractivity contribution in [2.75, 3.05) is 13.7 Å². The van der Waals surface area contributed by atoms with Gasteiger partial charge in [0.1, 0.15) is 5.75 Å². The number of hydrogen-bond donors (Lipinski definition) is 0. The number of aryl methyl sites for hydroxylation is 1. The molecule has 0 aliphatic carbocycles. The molecule has 0 saturated heterocycles. The number of imidazole rings is 1. The van der Waals surface area contributed by atoms with Crippen LogP contribution in [0.15, 0.2) is 78.8 Å². The minimum Gasteiger partial charge on any atom is -0.495 e. The molecule has 0 spiro atoms. The summed E-state index contributed by atoms with van der Waals surface area (Å²) >= 11 is 0. The number of ether oxygens (including phenoxy) is 1. The van der Waals surface area contributed by atoms with E-state index in [-0.39, 0.29) is 5.91 Å². The lowest BCUT2D eigenvalue weighted by Crippen LogP contribution is -2.31. The van der Waals surface area contributed by atoms with Gasteiger partial charge in [-0.25, -0.2) is 4.98 Å². The summed E-state index contributed by atoms with van der Waals surface area (Å²) in [5.41, 5.74) is 4.77. The average Bonchev–Trinajstić information content (AvgIpc) is 3.32. The minimum absolute atomic E-state index is 0.0792. The van der Waals surface area contributed by atoms with Gasteiger partial charge < -0.3 is 14.2 Å². The number of likely N-dealkylation sites (N-methyl/N-ethyl adjacent to an activating group) is 1. The second kappa shape index (κ2) is 11.0. The molecule has 4 rings (SSSR count). The maximum absolute atomic E-state index is 13.7. The highest BCUT2D eigenvalue weighted by Gasteiger charge is 2.18. The van der Waals surface area contributed by atoms with E-state index in [2.05, 4.69) is 48.3 Å². The van der Waals surface area contributed by atoms with Crippen LogP contribution >= 0.6 is 0 Å². The smallest absolute Gasteiger partial charge is 0.250 e. The molecular formula is C30H33N3O2. The van der Waals surface area contributed by atoms with Crippen LogP contribution in [-0.4, -0.2) is 34.0 Å². The fraction of sp³-hybridized carbons (Fsp3) is 0.267. The molecule has 0 unspecified atom stereocenters. The lowest BCUT2D eigenvalue weighted by Gasteiger charge is -2.23. The fourth-order valence-corrected chi connectivity index (χ4v) is 4.43. The monoisotopic (exact) mass is 467 g/mol. The number of hydrogen-bond acceptors (Lipinski definition) is 3. The molecule has 0 radical (unpaired) electrons. The van der Waals surface area contributed by atoms with Gasteiger partial charge in [-0.2, -0.15) is 0 Å². The van der Waals surface area contributed by atoms with Crippen LogP contribution in [0.2, 0.25) is 0 Å². The minimum atomic E-state index is 0.0792. The van der Waals surface area contributed by atoms with Gasteiger partial charge in [-0.15, -0.1) is 0 Å². The molecule has 1 heterocycles. The van der Waals surface area contributed by atoms with E-state index in [0.29, 0.717) is 13.1 Å². The second-order valence-electron chi connectivity index (χ2n) is 8.73. The van der Waals surface area contributed by atoms with Crippen LogP contribution < -0.4 is 4.74 Å². The highest BCUT2D eigenvalue weighted by atomic mass is 16.5. The quantitative estimate of drug-likeness (QED) is 0.261.